The molecule has 0 aliphatic carbocycles. The fourth-order valence-corrected chi connectivity index (χ4v) is 2.12. The van der Waals surface area contributed by atoms with Gasteiger partial charge in [0.25, 0.3) is 0 Å². The number of hydrogen-bond donors (Lipinski definition) is 1. The van der Waals surface area contributed by atoms with Gasteiger partial charge in [-0.1, -0.05) is 13.8 Å². The fourth-order valence-electron chi connectivity index (χ4n) is 2.12. The molecule has 0 amide bonds. The zero-order valence-electron chi connectivity index (χ0n) is 10.5. The highest BCUT2D eigenvalue weighted by molar-refractivity contribution is 4.75. The van der Waals surface area contributed by atoms with Crippen LogP contribution in [0.2, 0.25) is 0 Å². The highest BCUT2D eigenvalue weighted by atomic mass is 16.5. The molecule has 0 aromatic rings. The number of rotatable bonds is 7. The first kappa shape index (κ1) is 12.9. The molecular weight excluding hydrogens is 188 g/mol. The van der Waals surface area contributed by atoms with Crippen molar-refractivity contribution in [1.29, 1.82) is 0 Å². The normalized spacial score (nSPS) is 22.8. The minimum atomic E-state index is 0.754. The zero-order valence-corrected chi connectivity index (χ0v) is 10.5. The third-order valence-electron chi connectivity index (χ3n) is 2.93. The second-order valence-electron chi connectivity index (χ2n) is 5.01. The number of methoxy groups -OCH3 is 1. The quantitative estimate of drug-likeness (QED) is 0.645. The summed E-state index contributed by atoms with van der Waals surface area (Å²) >= 11 is 0. The molecule has 1 N–H and O–H groups in total. The van der Waals surface area contributed by atoms with Gasteiger partial charge >= 0.3 is 0 Å². The van der Waals surface area contributed by atoms with Crippen LogP contribution in [0, 0.1) is 11.8 Å². The van der Waals surface area contributed by atoms with Gasteiger partial charge in [-0.2, -0.15) is 0 Å². The van der Waals surface area contributed by atoms with Crippen LogP contribution in [0.5, 0.6) is 0 Å². The molecule has 1 saturated heterocycles. The third-order valence-corrected chi connectivity index (χ3v) is 2.93. The van der Waals surface area contributed by atoms with E-state index in [1.807, 2.05) is 0 Å². The molecule has 3 heteroatoms. The fraction of sp³-hybridized carbons (Fsp3) is 1.00. The van der Waals surface area contributed by atoms with E-state index in [9.17, 15) is 0 Å². The smallest absolute Gasteiger partial charge is 0.0503 e. The number of hydrogen-bond acceptors (Lipinski definition) is 3. The Bertz CT molecular complexity index is 162. The molecule has 90 valence electrons. The minimum absolute atomic E-state index is 0.754. The van der Waals surface area contributed by atoms with Gasteiger partial charge in [-0.05, 0) is 31.3 Å². The van der Waals surface area contributed by atoms with Crippen molar-refractivity contribution in [1.82, 2.24) is 10.2 Å². The van der Waals surface area contributed by atoms with Crippen LogP contribution >= 0.6 is 0 Å². The van der Waals surface area contributed by atoms with E-state index in [0.717, 1.165) is 31.5 Å². The van der Waals surface area contributed by atoms with Crippen LogP contribution in [0.1, 0.15) is 20.3 Å². The number of nitrogens with one attached hydrogen (secondary N) is 1. The minimum Gasteiger partial charge on any atom is -0.384 e. The standard InChI is InChI=1S/C12H26N2O/c1-11(2)8-13-5-7-14-6-4-12(9-14)10-15-3/h11-13H,4-10H2,1-3H3. The first-order valence-corrected chi connectivity index (χ1v) is 6.14. The van der Waals surface area contributed by atoms with E-state index < -0.39 is 0 Å². The van der Waals surface area contributed by atoms with Gasteiger partial charge in [-0.3, -0.25) is 0 Å². The van der Waals surface area contributed by atoms with Crippen molar-refractivity contribution in [2.75, 3.05) is 46.4 Å². The van der Waals surface area contributed by atoms with Gasteiger partial charge in [0.05, 0.1) is 6.61 Å². The van der Waals surface area contributed by atoms with Gasteiger partial charge in [-0.15, -0.1) is 0 Å². The molecule has 0 aromatic heterocycles. The maximum atomic E-state index is 5.19. The van der Waals surface area contributed by atoms with E-state index in [2.05, 4.69) is 24.1 Å². The van der Waals surface area contributed by atoms with Crippen LogP contribution in [0.15, 0.2) is 0 Å². The molecule has 1 aliphatic rings. The molecule has 15 heavy (non-hydrogen) atoms. The Balaban J connectivity index is 1.99. The lowest BCUT2D eigenvalue weighted by Crippen LogP contribution is -2.32. The van der Waals surface area contributed by atoms with Gasteiger partial charge in [0.15, 0.2) is 0 Å². The Morgan fingerprint density at radius 3 is 2.93 bits per heavy atom. The lowest BCUT2D eigenvalue weighted by molar-refractivity contribution is 0.153. The zero-order chi connectivity index (χ0) is 11.1. The lowest BCUT2D eigenvalue weighted by atomic mass is 10.1. The van der Waals surface area contributed by atoms with Crippen LogP contribution in [-0.4, -0.2) is 51.3 Å². The predicted octanol–water partition coefficient (Wildman–Crippen LogP) is 1.20. The molecule has 1 aliphatic heterocycles. The van der Waals surface area contributed by atoms with Crippen molar-refractivity contribution >= 4 is 0 Å². The highest BCUT2D eigenvalue weighted by Crippen LogP contribution is 2.15. The largest absolute Gasteiger partial charge is 0.384 e. The first-order valence-electron chi connectivity index (χ1n) is 6.14. The summed E-state index contributed by atoms with van der Waals surface area (Å²) in [5.41, 5.74) is 0. The Hall–Kier alpha value is -0.120. The summed E-state index contributed by atoms with van der Waals surface area (Å²) in [7, 11) is 1.80. The van der Waals surface area contributed by atoms with Gasteiger partial charge < -0.3 is 15.0 Å². The van der Waals surface area contributed by atoms with Crippen molar-refractivity contribution in [2.45, 2.75) is 20.3 Å². The van der Waals surface area contributed by atoms with E-state index in [-0.39, 0.29) is 0 Å². The molecule has 0 radical (unpaired) electrons. The van der Waals surface area contributed by atoms with Crippen molar-refractivity contribution in [3.63, 3.8) is 0 Å². The van der Waals surface area contributed by atoms with Crippen molar-refractivity contribution in [3.8, 4) is 0 Å². The molecule has 0 saturated carbocycles. The molecule has 1 unspecified atom stereocenters. The predicted molar refractivity (Wildman–Crippen MR) is 64.1 cm³/mol. The molecule has 1 rings (SSSR count). The number of nitrogens with zero attached hydrogens (tertiary/aromatic N) is 1. The molecule has 0 spiro atoms. The lowest BCUT2D eigenvalue weighted by Gasteiger charge is -2.16. The molecule has 1 fully saturated rings. The van der Waals surface area contributed by atoms with E-state index in [1.165, 1.54) is 26.1 Å². The van der Waals surface area contributed by atoms with Crippen LogP contribution in [0.3, 0.4) is 0 Å². The van der Waals surface area contributed by atoms with Crippen molar-refractivity contribution in [3.05, 3.63) is 0 Å². The Labute approximate surface area is 94.2 Å². The Morgan fingerprint density at radius 1 is 1.47 bits per heavy atom. The summed E-state index contributed by atoms with van der Waals surface area (Å²) in [4.78, 5) is 2.54. The average Bonchev–Trinajstić information content (AvgIpc) is 2.61. The Morgan fingerprint density at radius 2 is 2.27 bits per heavy atom. The topological polar surface area (TPSA) is 24.5 Å². The Kier molecular flexibility index (Phi) is 6.22. The summed E-state index contributed by atoms with van der Waals surface area (Å²) in [5.74, 6) is 1.52. The number of likely N-dealkylation sites (tertiary alicyclic amines) is 1. The van der Waals surface area contributed by atoms with E-state index in [4.69, 9.17) is 4.74 Å². The molecule has 1 atom stereocenters. The van der Waals surface area contributed by atoms with Crippen LogP contribution < -0.4 is 5.32 Å². The molecule has 1 heterocycles. The van der Waals surface area contributed by atoms with Crippen molar-refractivity contribution in [2.24, 2.45) is 11.8 Å². The summed E-state index contributed by atoms with van der Waals surface area (Å²) in [6, 6.07) is 0. The molecule has 0 aromatic carbocycles. The van der Waals surface area contributed by atoms with Gasteiger partial charge in [0, 0.05) is 26.7 Å². The third kappa shape index (κ3) is 5.50. The molecular formula is C12H26N2O. The van der Waals surface area contributed by atoms with Crippen LogP contribution in [0.25, 0.3) is 0 Å². The second kappa shape index (κ2) is 7.20. The van der Waals surface area contributed by atoms with Gasteiger partial charge in [-0.25, -0.2) is 0 Å². The van der Waals surface area contributed by atoms with Crippen LogP contribution in [-0.2, 0) is 4.74 Å². The maximum absolute atomic E-state index is 5.19. The summed E-state index contributed by atoms with van der Waals surface area (Å²) in [6.45, 7) is 11.3. The van der Waals surface area contributed by atoms with Gasteiger partial charge in [0.2, 0.25) is 0 Å². The summed E-state index contributed by atoms with van der Waals surface area (Å²) < 4.78 is 5.19. The monoisotopic (exact) mass is 214 g/mol. The number of ether oxygens (including phenoxy) is 1. The maximum Gasteiger partial charge on any atom is 0.0503 e. The van der Waals surface area contributed by atoms with E-state index in [1.54, 1.807) is 7.11 Å². The summed E-state index contributed by atoms with van der Waals surface area (Å²) in [5, 5.41) is 3.49. The SMILES string of the molecule is COCC1CCN(CCNCC(C)C)C1. The second-order valence-corrected chi connectivity index (χ2v) is 5.01. The van der Waals surface area contributed by atoms with E-state index >= 15 is 0 Å². The van der Waals surface area contributed by atoms with Crippen molar-refractivity contribution < 1.29 is 4.74 Å². The summed E-state index contributed by atoms with van der Waals surface area (Å²) in [6.07, 6.45) is 1.30. The molecule has 0 bridgehead atoms. The highest BCUT2D eigenvalue weighted by Gasteiger charge is 2.21. The van der Waals surface area contributed by atoms with Crippen LogP contribution in [0.4, 0.5) is 0 Å². The van der Waals surface area contributed by atoms with E-state index in [0.29, 0.717) is 0 Å². The van der Waals surface area contributed by atoms with Gasteiger partial charge in [0.1, 0.15) is 0 Å². The first-order chi connectivity index (χ1) is 7.22. The molecule has 3 nitrogen and oxygen atoms in total. The average molecular weight is 214 g/mol.